The fraction of sp³-hybridized carbons (Fsp3) is 0.846. The molecule has 0 bridgehead atoms. The third kappa shape index (κ3) is 4.21. The van der Waals surface area contributed by atoms with Crippen molar-refractivity contribution in [3.05, 3.63) is 0 Å². The lowest BCUT2D eigenvalue weighted by Gasteiger charge is -2.42. The molecule has 0 spiro atoms. The van der Waals surface area contributed by atoms with Crippen LogP contribution in [-0.4, -0.2) is 60.8 Å². The third-order valence-corrected chi connectivity index (χ3v) is 3.53. The van der Waals surface area contributed by atoms with Crippen molar-refractivity contribution in [2.75, 3.05) is 13.2 Å². The van der Waals surface area contributed by atoms with Crippen LogP contribution in [0.25, 0.3) is 0 Å². The monoisotopic (exact) mass is 502 g/mol. The molecule has 184 valence electrons. The molecule has 0 aliphatic carbocycles. The Labute approximate surface area is 160 Å². The molecule has 0 unspecified atom stereocenters. The summed E-state index contributed by atoms with van der Waals surface area (Å²) in [5.41, 5.74) is 0. The minimum absolute atomic E-state index is 0.926. The summed E-state index contributed by atoms with van der Waals surface area (Å²) in [7, 11) is 0. The van der Waals surface area contributed by atoms with Crippen LogP contribution in [0.1, 0.15) is 6.42 Å². The minimum Gasteiger partial charge on any atom is -0.369 e. The van der Waals surface area contributed by atoms with Gasteiger partial charge in [0, 0.05) is 6.42 Å². The second kappa shape index (κ2) is 8.03. The lowest BCUT2D eigenvalue weighted by Crippen LogP contribution is -2.74. The molecule has 0 radical (unpaired) electrons. The summed E-state index contributed by atoms with van der Waals surface area (Å²) >= 11 is 0. The van der Waals surface area contributed by atoms with Gasteiger partial charge in [0.1, 0.15) is 6.61 Å². The molecule has 0 N–H and O–H groups in total. The zero-order chi connectivity index (χ0) is 25.5. The molecule has 0 aliphatic heterocycles. The number of terminal acetylenes is 1. The van der Waals surface area contributed by atoms with Crippen LogP contribution in [0.3, 0.4) is 0 Å². The average Bonchev–Trinajstić information content (AvgIpc) is 2.56. The molecule has 0 rings (SSSR count). The van der Waals surface area contributed by atoms with E-state index in [9.17, 15) is 74.6 Å². The number of hydrogen-bond donors (Lipinski definition) is 0. The van der Waals surface area contributed by atoms with E-state index in [0.717, 1.165) is 0 Å². The normalized spacial score (nSPS) is 15.7. The van der Waals surface area contributed by atoms with Crippen molar-refractivity contribution in [1.82, 2.24) is 0 Å². The highest BCUT2D eigenvalue weighted by Crippen LogP contribution is 2.64. The van der Waals surface area contributed by atoms with E-state index < -0.39 is 67.3 Å². The molecule has 1 nitrogen and oxygen atoms in total. The summed E-state index contributed by atoms with van der Waals surface area (Å²) in [6.45, 7) is -2.63. The molecule has 0 heterocycles. The van der Waals surface area contributed by atoms with Gasteiger partial charge in [-0.25, -0.2) is 0 Å². The van der Waals surface area contributed by atoms with Crippen molar-refractivity contribution in [3.8, 4) is 12.3 Å². The summed E-state index contributed by atoms with van der Waals surface area (Å²) in [6, 6.07) is 0. The largest absolute Gasteiger partial charge is 0.460 e. The van der Waals surface area contributed by atoms with E-state index in [4.69, 9.17) is 0 Å². The molecule has 0 aromatic carbocycles. The second-order valence-electron chi connectivity index (χ2n) is 5.66. The Morgan fingerprint density at radius 3 is 1.16 bits per heavy atom. The zero-order valence-corrected chi connectivity index (χ0v) is 14.0. The molecule has 0 saturated heterocycles. The number of ether oxygens (including phenoxy) is 1. The summed E-state index contributed by atoms with van der Waals surface area (Å²) in [5, 5.41) is 0. The summed E-state index contributed by atoms with van der Waals surface area (Å²) in [4.78, 5) is 0. The molecule has 0 aliphatic rings. The number of halogens is 17. The molecule has 0 amide bonds. The van der Waals surface area contributed by atoms with Crippen LogP contribution in [0.15, 0.2) is 0 Å². The van der Waals surface area contributed by atoms with Crippen molar-refractivity contribution >= 4 is 0 Å². The van der Waals surface area contributed by atoms with Crippen molar-refractivity contribution in [2.45, 2.75) is 54.1 Å². The molecule has 18 heteroatoms. The van der Waals surface area contributed by atoms with Crippen LogP contribution in [0.4, 0.5) is 74.6 Å². The van der Waals surface area contributed by atoms with Crippen molar-refractivity contribution in [3.63, 3.8) is 0 Å². The Balaban J connectivity index is 6.41. The van der Waals surface area contributed by atoms with Gasteiger partial charge in [-0.2, -0.15) is 74.6 Å². The van der Waals surface area contributed by atoms with Gasteiger partial charge in [-0.1, -0.05) is 5.92 Å². The maximum atomic E-state index is 13.4. The zero-order valence-electron chi connectivity index (χ0n) is 14.0. The van der Waals surface area contributed by atoms with Crippen LogP contribution in [0.5, 0.6) is 0 Å². The Morgan fingerprint density at radius 1 is 0.516 bits per heavy atom. The lowest BCUT2D eigenvalue weighted by atomic mass is 9.88. The smallest absolute Gasteiger partial charge is 0.369 e. The molecule has 0 aromatic rings. The van der Waals surface area contributed by atoms with Gasteiger partial charge in [-0.05, 0) is 0 Å². The summed E-state index contributed by atoms with van der Waals surface area (Å²) in [6.07, 6.45) is -5.91. The quantitative estimate of drug-likeness (QED) is 0.201. The van der Waals surface area contributed by atoms with E-state index in [1.807, 2.05) is 0 Å². The first-order chi connectivity index (χ1) is 13.3. The van der Waals surface area contributed by atoms with E-state index in [0.29, 0.717) is 0 Å². The second-order valence-corrected chi connectivity index (χ2v) is 5.66. The van der Waals surface area contributed by atoms with E-state index in [1.165, 1.54) is 0 Å². The number of alkyl halides is 17. The first kappa shape index (κ1) is 29.3. The van der Waals surface area contributed by atoms with Gasteiger partial charge >= 0.3 is 47.6 Å². The van der Waals surface area contributed by atoms with Gasteiger partial charge < -0.3 is 4.74 Å². The van der Waals surface area contributed by atoms with Crippen LogP contribution < -0.4 is 0 Å². The predicted octanol–water partition coefficient (Wildman–Crippen LogP) is 6.04. The van der Waals surface area contributed by atoms with E-state index in [-0.39, 0.29) is 0 Å². The van der Waals surface area contributed by atoms with Crippen molar-refractivity contribution < 1.29 is 79.4 Å². The van der Waals surface area contributed by atoms with Gasteiger partial charge in [0.15, 0.2) is 0 Å². The predicted molar refractivity (Wildman–Crippen MR) is 65.0 cm³/mol. The average molecular weight is 502 g/mol. The molecule has 0 atom stereocenters. The third-order valence-electron chi connectivity index (χ3n) is 3.53. The molecule has 31 heavy (non-hydrogen) atoms. The maximum absolute atomic E-state index is 13.4. The van der Waals surface area contributed by atoms with E-state index in [2.05, 4.69) is 11.2 Å². The standard InChI is InChI=1S/C13H7F17O/c1-2-4-31-5-3-6(14,15)7(16,17)8(18,19)9(20,21)10(22,23)11(24,25)12(26,27)13(28,29)30/h1H,3-5H2. The van der Waals surface area contributed by atoms with Crippen molar-refractivity contribution in [2.24, 2.45) is 0 Å². The Bertz CT molecular complexity index is 668. The van der Waals surface area contributed by atoms with E-state index in [1.54, 1.807) is 5.92 Å². The first-order valence-corrected chi connectivity index (χ1v) is 7.04. The van der Waals surface area contributed by atoms with Crippen LogP contribution in [-0.2, 0) is 4.74 Å². The van der Waals surface area contributed by atoms with Crippen LogP contribution in [0, 0.1) is 12.3 Å². The fourth-order valence-corrected chi connectivity index (χ4v) is 1.68. The summed E-state index contributed by atoms with van der Waals surface area (Å²) in [5.74, 6) is -54.7. The molecular formula is C13H7F17O. The molecular weight excluding hydrogens is 495 g/mol. The maximum Gasteiger partial charge on any atom is 0.460 e. The highest BCUT2D eigenvalue weighted by Gasteiger charge is 2.95. The molecule has 0 saturated carbocycles. The first-order valence-electron chi connectivity index (χ1n) is 7.04. The van der Waals surface area contributed by atoms with Gasteiger partial charge in [0.05, 0.1) is 6.61 Å². The van der Waals surface area contributed by atoms with Gasteiger partial charge in [-0.3, -0.25) is 0 Å². The van der Waals surface area contributed by atoms with Crippen LogP contribution >= 0.6 is 0 Å². The van der Waals surface area contributed by atoms with Crippen LogP contribution in [0.2, 0.25) is 0 Å². The van der Waals surface area contributed by atoms with Crippen molar-refractivity contribution in [1.29, 1.82) is 0 Å². The highest BCUT2D eigenvalue weighted by atomic mass is 19.4. The molecule has 0 aromatic heterocycles. The Kier molecular flexibility index (Phi) is 7.60. The van der Waals surface area contributed by atoms with Gasteiger partial charge in [0.25, 0.3) is 0 Å². The summed E-state index contributed by atoms with van der Waals surface area (Å²) < 4.78 is 224. The number of rotatable bonds is 10. The van der Waals surface area contributed by atoms with E-state index >= 15 is 0 Å². The number of hydrogen-bond acceptors (Lipinski definition) is 1. The van der Waals surface area contributed by atoms with Gasteiger partial charge in [-0.15, -0.1) is 6.42 Å². The SMILES string of the molecule is C#CCOCCC(F)(F)C(F)(F)C(F)(F)C(F)(F)C(F)(F)C(F)(F)C(F)(F)C(F)(F)F. The van der Waals surface area contributed by atoms with Gasteiger partial charge in [0.2, 0.25) is 0 Å². The Morgan fingerprint density at radius 2 is 0.839 bits per heavy atom. The highest BCUT2D eigenvalue weighted by molar-refractivity contribution is 5.15. The fourth-order valence-electron chi connectivity index (χ4n) is 1.68. The molecule has 0 fully saturated rings. The Hall–Kier alpha value is -1.67. The lowest BCUT2D eigenvalue weighted by molar-refractivity contribution is -0.462. The minimum atomic E-state index is -8.62. The topological polar surface area (TPSA) is 9.23 Å².